The standard InChI is InChI=1S/C21H24N2O/c1-23-14-6-11-20(23)21(24)22-13-12-19-17-9-4-2-7-15(17)16-8-3-5-10-18(16)19/h2-5,7-10,19-20H,6,11-14H2,1H3,(H,22,24)/t20-/m0/s1. The normalized spacial score (nSPS) is 20.0. The molecule has 2 aromatic rings. The molecule has 0 radical (unpaired) electrons. The van der Waals surface area contributed by atoms with E-state index in [2.05, 4.69) is 58.7 Å². The van der Waals surface area contributed by atoms with Gasteiger partial charge in [-0.2, -0.15) is 0 Å². The number of likely N-dealkylation sites (tertiary alicyclic amines) is 1. The Hall–Kier alpha value is -2.13. The van der Waals surface area contributed by atoms with Crippen LogP contribution in [-0.4, -0.2) is 37.0 Å². The molecule has 0 aromatic heterocycles. The number of hydrogen-bond acceptors (Lipinski definition) is 2. The number of nitrogens with zero attached hydrogens (tertiary/aromatic N) is 1. The van der Waals surface area contributed by atoms with Crippen LogP contribution in [0.4, 0.5) is 0 Å². The Labute approximate surface area is 143 Å². The molecule has 4 rings (SSSR count). The van der Waals surface area contributed by atoms with Gasteiger partial charge in [0.1, 0.15) is 0 Å². The van der Waals surface area contributed by atoms with Crippen molar-refractivity contribution >= 4 is 5.91 Å². The molecule has 24 heavy (non-hydrogen) atoms. The third kappa shape index (κ3) is 2.63. The lowest BCUT2D eigenvalue weighted by molar-refractivity contribution is -0.125. The van der Waals surface area contributed by atoms with Crippen LogP contribution < -0.4 is 5.32 Å². The van der Waals surface area contributed by atoms with Crippen LogP contribution in [0, 0.1) is 0 Å². The molecule has 3 nitrogen and oxygen atoms in total. The zero-order valence-corrected chi connectivity index (χ0v) is 14.2. The average Bonchev–Trinajstić information content (AvgIpc) is 3.17. The van der Waals surface area contributed by atoms with E-state index < -0.39 is 0 Å². The van der Waals surface area contributed by atoms with E-state index >= 15 is 0 Å². The summed E-state index contributed by atoms with van der Waals surface area (Å²) in [4.78, 5) is 14.5. The lowest BCUT2D eigenvalue weighted by Crippen LogP contribution is -2.41. The van der Waals surface area contributed by atoms with Crippen LogP contribution in [-0.2, 0) is 4.79 Å². The molecule has 0 spiro atoms. The SMILES string of the molecule is CN1CCC[C@H]1C(=O)NCCC1c2ccccc2-c2ccccc21. The van der Waals surface area contributed by atoms with Gasteiger partial charge in [-0.15, -0.1) is 0 Å². The number of amides is 1. The number of benzene rings is 2. The van der Waals surface area contributed by atoms with Gasteiger partial charge in [-0.1, -0.05) is 48.5 Å². The van der Waals surface area contributed by atoms with E-state index in [0.29, 0.717) is 5.92 Å². The summed E-state index contributed by atoms with van der Waals surface area (Å²) < 4.78 is 0. The second kappa shape index (κ2) is 6.40. The summed E-state index contributed by atoms with van der Waals surface area (Å²) >= 11 is 0. The molecule has 0 bridgehead atoms. The minimum atomic E-state index is 0.0631. The number of carbonyl (C=O) groups is 1. The maximum Gasteiger partial charge on any atom is 0.237 e. The van der Waals surface area contributed by atoms with Gasteiger partial charge in [0.05, 0.1) is 6.04 Å². The van der Waals surface area contributed by atoms with Crippen molar-refractivity contribution in [1.29, 1.82) is 0 Å². The lowest BCUT2D eigenvalue weighted by atomic mass is 9.93. The zero-order chi connectivity index (χ0) is 16.5. The number of hydrogen-bond donors (Lipinski definition) is 1. The number of nitrogens with one attached hydrogen (secondary N) is 1. The topological polar surface area (TPSA) is 32.3 Å². The Morgan fingerprint density at radius 2 is 1.71 bits per heavy atom. The fraction of sp³-hybridized carbons (Fsp3) is 0.381. The van der Waals surface area contributed by atoms with Crippen molar-refractivity contribution in [3.8, 4) is 11.1 Å². The van der Waals surface area contributed by atoms with Crippen LogP contribution in [0.2, 0.25) is 0 Å². The molecule has 3 heteroatoms. The van der Waals surface area contributed by atoms with Crippen LogP contribution in [0.15, 0.2) is 48.5 Å². The predicted molar refractivity (Wildman–Crippen MR) is 97.0 cm³/mol. The van der Waals surface area contributed by atoms with Gasteiger partial charge < -0.3 is 5.32 Å². The van der Waals surface area contributed by atoms with E-state index in [4.69, 9.17) is 0 Å². The van der Waals surface area contributed by atoms with Crippen molar-refractivity contribution < 1.29 is 4.79 Å². The van der Waals surface area contributed by atoms with Crippen molar-refractivity contribution in [3.05, 3.63) is 59.7 Å². The Bertz CT molecular complexity index is 710. The first-order chi connectivity index (χ1) is 11.8. The second-order valence-electron chi connectivity index (χ2n) is 6.95. The quantitative estimate of drug-likeness (QED) is 0.936. The molecule has 2 aromatic carbocycles. The van der Waals surface area contributed by atoms with E-state index in [9.17, 15) is 4.79 Å². The van der Waals surface area contributed by atoms with Gasteiger partial charge >= 0.3 is 0 Å². The fourth-order valence-corrected chi connectivity index (χ4v) is 4.27. The van der Waals surface area contributed by atoms with Crippen molar-refractivity contribution in [2.75, 3.05) is 20.1 Å². The summed E-state index contributed by atoms with van der Waals surface area (Å²) in [7, 11) is 2.04. The Balaban J connectivity index is 1.46. The lowest BCUT2D eigenvalue weighted by Gasteiger charge is -2.20. The smallest absolute Gasteiger partial charge is 0.237 e. The molecule has 1 saturated heterocycles. The summed E-state index contributed by atoms with van der Waals surface area (Å²) in [6.45, 7) is 1.76. The van der Waals surface area contributed by atoms with Crippen LogP contribution in [0.3, 0.4) is 0 Å². The zero-order valence-electron chi connectivity index (χ0n) is 14.2. The highest BCUT2D eigenvalue weighted by atomic mass is 16.2. The summed E-state index contributed by atoms with van der Waals surface area (Å²) in [5, 5.41) is 3.16. The van der Waals surface area contributed by atoms with Gasteiger partial charge in [0.25, 0.3) is 0 Å². The number of rotatable bonds is 4. The summed E-state index contributed by atoms with van der Waals surface area (Å²) in [6, 6.07) is 17.4. The van der Waals surface area contributed by atoms with E-state index in [1.54, 1.807) is 0 Å². The van der Waals surface area contributed by atoms with Crippen molar-refractivity contribution in [2.24, 2.45) is 0 Å². The molecule has 124 valence electrons. The van der Waals surface area contributed by atoms with Crippen LogP contribution in [0.1, 0.15) is 36.3 Å². The Morgan fingerprint density at radius 1 is 1.08 bits per heavy atom. The van der Waals surface area contributed by atoms with Gasteiger partial charge in [-0.05, 0) is 55.1 Å². The van der Waals surface area contributed by atoms with E-state index in [1.165, 1.54) is 22.3 Å². The van der Waals surface area contributed by atoms with E-state index in [-0.39, 0.29) is 11.9 Å². The number of likely N-dealkylation sites (N-methyl/N-ethyl adjacent to an activating group) is 1. The second-order valence-corrected chi connectivity index (χ2v) is 6.95. The van der Waals surface area contributed by atoms with Crippen molar-refractivity contribution in [2.45, 2.75) is 31.2 Å². The van der Waals surface area contributed by atoms with Crippen LogP contribution in [0.25, 0.3) is 11.1 Å². The third-order valence-electron chi connectivity index (χ3n) is 5.52. The Morgan fingerprint density at radius 3 is 2.29 bits per heavy atom. The third-order valence-corrected chi connectivity index (χ3v) is 5.52. The first-order valence-corrected chi connectivity index (χ1v) is 8.92. The van der Waals surface area contributed by atoms with Gasteiger partial charge in [0.2, 0.25) is 5.91 Å². The molecular weight excluding hydrogens is 296 g/mol. The predicted octanol–water partition coefficient (Wildman–Crippen LogP) is 3.40. The maximum atomic E-state index is 12.4. The molecule has 1 atom stereocenters. The fourth-order valence-electron chi connectivity index (χ4n) is 4.27. The number of carbonyl (C=O) groups excluding carboxylic acids is 1. The molecule has 1 heterocycles. The monoisotopic (exact) mass is 320 g/mol. The van der Waals surface area contributed by atoms with E-state index in [0.717, 1.165) is 32.4 Å². The van der Waals surface area contributed by atoms with Crippen LogP contribution in [0.5, 0.6) is 0 Å². The molecule has 1 aliphatic heterocycles. The number of fused-ring (bicyclic) bond motifs is 3. The summed E-state index contributed by atoms with van der Waals surface area (Å²) in [6.07, 6.45) is 3.06. The molecular formula is C21H24N2O. The first kappa shape index (κ1) is 15.4. The average molecular weight is 320 g/mol. The van der Waals surface area contributed by atoms with Crippen molar-refractivity contribution in [3.63, 3.8) is 0 Å². The van der Waals surface area contributed by atoms with Gasteiger partial charge in [0, 0.05) is 12.5 Å². The molecule has 1 amide bonds. The van der Waals surface area contributed by atoms with Gasteiger partial charge in [0.15, 0.2) is 0 Å². The van der Waals surface area contributed by atoms with Crippen molar-refractivity contribution in [1.82, 2.24) is 10.2 Å². The highest BCUT2D eigenvalue weighted by Crippen LogP contribution is 2.45. The molecule has 1 fully saturated rings. The highest BCUT2D eigenvalue weighted by molar-refractivity contribution is 5.82. The maximum absolute atomic E-state index is 12.4. The van der Waals surface area contributed by atoms with Crippen LogP contribution >= 0.6 is 0 Å². The molecule has 0 unspecified atom stereocenters. The highest BCUT2D eigenvalue weighted by Gasteiger charge is 2.29. The molecule has 1 aliphatic carbocycles. The minimum Gasteiger partial charge on any atom is -0.355 e. The first-order valence-electron chi connectivity index (χ1n) is 8.92. The summed E-state index contributed by atoms with van der Waals surface area (Å²) in [5.41, 5.74) is 5.48. The minimum absolute atomic E-state index is 0.0631. The molecule has 1 N–H and O–H groups in total. The van der Waals surface area contributed by atoms with E-state index in [1.807, 2.05) is 7.05 Å². The molecule has 2 aliphatic rings. The van der Waals surface area contributed by atoms with Gasteiger partial charge in [-0.3, -0.25) is 9.69 Å². The van der Waals surface area contributed by atoms with Gasteiger partial charge in [-0.25, -0.2) is 0 Å². The summed E-state index contributed by atoms with van der Waals surface area (Å²) in [5.74, 6) is 0.577. The molecule has 0 saturated carbocycles. The largest absolute Gasteiger partial charge is 0.355 e. The Kier molecular flexibility index (Phi) is 4.11.